The molecule has 0 aliphatic carbocycles. The molecule has 0 aromatic rings. The van der Waals surface area contributed by atoms with Crippen LogP contribution in [0.25, 0.3) is 0 Å². The topological polar surface area (TPSA) is 61.8 Å². The smallest absolute Gasteiger partial charge is 0.432 e. The van der Waals surface area contributed by atoms with Gasteiger partial charge in [0.2, 0.25) is 15.5 Å². The zero-order chi connectivity index (χ0) is 8.69. The second-order valence-corrected chi connectivity index (χ2v) is 2.36. The molecule has 0 rings (SSSR count). The molecule has 0 aromatic heterocycles. The van der Waals surface area contributed by atoms with E-state index in [0.29, 0.717) is 0 Å². The first kappa shape index (κ1) is 10.3. The average molecular weight is 181 g/mol. The van der Waals surface area contributed by atoms with Gasteiger partial charge in [0.05, 0.1) is 6.10 Å². The highest BCUT2D eigenvalue weighted by Gasteiger charge is 2.04. The number of carbonyl (C=O) groups is 1. The van der Waals surface area contributed by atoms with Crippen LogP contribution in [0, 0.1) is 0 Å². The lowest BCUT2D eigenvalue weighted by atomic mass is 10.5. The highest BCUT2D eigenvalue weighted by Crippen LogP contribution is 1.97. The summed E-state index contributed by atoms with van der Waals surface area (Å²) in [6.07, 6.45) is -1.05. The quantitative estimate of drug-likeness (QED) is 0.284. The van der Waals surface area contributed by atoms with Crippen molar-refractivity contribution in [3.8, 4) is 0 Å². The molecule has 5 nitrogen and oxygen atoms in total. The van der Waals surface area contributed by atoms with Crippen molar-refractivity contribution < 1.29 is 23.4 Å². The van der Waals surface area contributed by atoms with E-state index in [1.807, 2.05) is 0 Å². The highest BCUT2D eigenvalue weighted by atomic mass is 31.1. The summed E-state index contributed by atoms with van der Waals surface area (Å²) in [5.74, 6) is 0. The molecule has 0 bridgehead atoms. The van der Waals surface area contributed by atoms with Gasteiger partial charge in [-0.1, -0.05) is 0 Å². The largest absolute Gasteiger partial charge is 0.510 e. The fourth-order valence-electron chi connectivity index (χ4n) is 0.328. The molecule has 65 valence electrons. The minimum atomic E-state index is -0.930. The van der Waals surface area contributed by atoms with Crippen LogP contribution in [0.1, 0.15) is 13.8 Å². The van der Waals surface area contributed by atoms with Crippen molar-refractivity contribution in [3.05, 3.63) is 0 Å². The van der Waals surface area contributed by atoms with Gasteiger partial charge in [0.1, 0.15) is 0 Å². The second kappa shape index (κ2) is 6.07. The Bertz CT molecular complexity index is 135. The summed E-state index contributed by atoms with van der Waals surface area (Å²) >= 11 is 0. The van der Waals surface area contributed by atoms with Gasteiger partial charge in [-0.2, -0.15) is 0 Å². The molecule has 11 heavy (non-hydrogen) atoms. The van der Waals surface area contributed by atoms with Crippen LogP contribution < -0.4 is 0 Å². The molecule has 0 aliphatic rings. The first-order valence-electron chi connectivity index (χ1n) is 2.99. The maximum Gasteiger partial charge on any atom is 0.510 e. The fraction of sp³-hybridized carbons (Fsp3) is 0.800. The van der Waals surface area contributed by atoms with Crippen LogP contribution in [0.3, 0.4) is 0 Å². The fourth-order valence-corrected chi connectivity index (χ4v) is 0.435. The van der Waals surface area contributed by atoms with Crippen molar-refractivity contribution in [2.45, 2.75) is 20.0 Å². The first-order chi connectivity index (χ1) is 5.16. The van der Waals surface area contributed by atoms with Gasteiger partial charge >= 0.3 is 6.16 Å². The van der Waals surface area contributed by atoms with Gasteiger partial charge in [-0.3, -0.25) is 9.09 Å². The Balaban J connectivity index is 3.30. The van der Waals surface area contributed by atoms with Crippen molar-refractivity contribution >= 4 is 14.8 Å². The molecule has 0 aliphatic heterocycles. The maximum absolute atomic E-state index is 10.5. The molecule has 1 unspecified atom stereocenters. The molecule has 0 spiro atoms. The predicted octanol–water partition coefficient (Wildman–Crippen LogP) is 1.46. The van der Waals surface area contributed by atoms with Crippen LogP contribution in [0.4, 0.5) is 4.79 Å². The number of rotatable bonds is 4. The van der Waals surface area contributed by atoms with Crippen molar-refractivity contribution in [1.29, 1.82) is 0 Å². The Labute approximate surface area is 65.9 Å². The first-order valence-corrected chi connectivity index (χ1v) is 3.80. The number of ether oxygens (including phenoxy) is 2. The van der Waals surface area contributed by atoms with Gasteiger partial charge in [0, 0.05) is 0 Å². The van der Waals surface area contributed by atoms with Gasteiger partial charge in [-0.25, -0.2) is 4.79 Å². The monoisotopic (exact) mass is 181 g/mol. The lowest BCUT2D eigenvalue weighted by Gasteiger charge is -2.06. The Morgan fingerprint density at radius 1 is 1.55 bits per heavy atom. The summed E-state index contributed by atoms with van der Waals surface area (Å²) in [5, 5.41) is 0. The van der Waals surface area contributed by atoms with Crippen LogP contribution >= 0.6 is 8.69 Å². The summed E-state index contributed by atoms with van der Waals surface area (Å²) in [5.41, 5.74) is 0. The summed E-state index contributed by atoms with van der Waals surface area (Å²) in [4.78, 5) is 10.5. The van der Waals surface area contributed by atoms with Crippen LogP contribution in [0.2, 0.25) is 0 Å². The normalized spacial score (nSPS) is 10.1. The lowest BCUT2D eigenvalue weighted by molar-refractivity contribution is -0.00434. The van der Waals surface area contributed by atoms with Crippen molar-refractivity contribution in [1.82, 2.24) is 0 Å². The van der Waals surface area contributed by atoms with E-state index in [1.165, 1.54) is 0 Å². The Hall–Kier alpha value is -0.670. The Kier molecular flexibility index (Phi) is 5.70. The Morgan fingerprint density at radius 3 is 2.64 bits per heavy atom. The lowest BCUT2D eigenvalue weighted by Crippen LogP contribution is -2.13. The van der Waals surface area contributed by atoms with E-state index in [4.69, 9.17) is 0 Å². The van der Waals surface area contributed by atoms with Crippen molar-refractivity contribution in [2.24, 2.45) is 0 Å². The molecular weight excluding hydrogens is 171 g/mol. The van der Waals surface area contributed by atoms with E-state index >= 15 is 0 Å². The van der Waals surface area contributed by atoms with Crippen LogP contribution in [0.15, 0.2) is 0 Å². The minimum Gasteiger partial charge on any atom is -0.432 e. The zero-order valence-corrected chi connectivity index (χ0v) is 7.33. The molecule has 0 amide bonds. The summed E-state index contributed by atoms with van der Waals surface area (Å²) in [7, 11) is -0.930. The van der Waals surface area contributed by atoms with Crippen LogP contribution in [-0.2, 0) is 18.6 Å². The SMILES string of the molecule is CC(C)OC(=O)OCO[PH]=O. The van der Waals surface area contributed by atoms with E-state index in [9.17, 15) is 9.36 Å². The molecule has 0 aromatic carbocycles. The van der Waals surface area contributed by atoms with Gasteiger partial charge in [0.15, 0.2) is 0 Å². The third-order valence-corrected chi connectivity index (χ3v) is 0.862. The van der Waals surface area contributed by atoms with Crippen LogP contribution in [-0.4, -0.2) is 19.1 Å². The van der Waals surface area contributed by atoms with E-state index in [2.05, 4.69) is 14.0 Å². The maximum atomic E-state index is 10.5. The summed E-state index contributed by atoms with van der Waals surface area (Å²) in [6.45, 7) is 3.04. The zero-order valence-electron chi connectivity index (χ0n) is 6.33. The van der Waals surface area contributed by atoms with Gasteiger partial charge < -0.3 is 9.47 Å². The number of carbonyl (C=O) groups excluding carboxylic acids is 1. The predicted molar refractivity (Wildman–Crippen MR) is 37.7 cm³/mol. The molecule has 0 saturated heterocycles. The van der Waals surface area contributed by atoms with E-state index in [1.54, 1.807) is 13.8 Å². The summed E-state index contributed by atoms with van der Waals surface area (Å²) < 4.78 is 22.8. The van der Waals surface area contributed by atoms with Crippen molar-refractivity contribution in [2.75, 3.05) is 6.79 Å². The number of hydrogen-bond acceptors (Lipinski definition) is 5. The highest BCUT2D eigenvalue weighted by molar-refractivity contribution is 7.17. The van der Waals surface area contributed by atoms with E-state index in [-0.39, 0.29) is 12.9 Å². The Morgan fingerprint density at radius 2 is 2.18 bits per heavy atom. The second-order valence-electron chi connectivity index (χ2n) is 1.91. The third kappa shape index (κ3) is 7.22. The molecule has 0 heterocycles. The average Bonchev–Trinajstić information content (AvgIpc) is 1.86. The van der Waals surface area contributed by atoms with E-state index < -0.39 is 14.8 Å². The standard InChI is InChI=1S/C5H10O5P/c1-4(2)10-5(6)8-3-9-11-7/h4,11H,3H2,1-2H3. The molecule has 0 fully saturated rings. The molecule has 6 heteroatoms. The van der Waals surface area contributed by atoms with Crippen molar-refractivity contribution in [3.63, 3.8) is 0 Å². The van der Waals surface area contributed by atoms with Gasteiger partial charge in [-0.05, 0) is 13.8 Å². The minimum absolute atomic E-state index is 0.225. The van der Waals surface area contributed by atoms with Crippen LogP contribution in [0.5, 0.6) is 0 Å². The molecule has 1 atom stereocenters. The van der Waals surface area contributed by atoms with E-state index in [0.717, 1.165) is 0 Å². The third-order valence-electron chi connectivity index (χ3n) is 0.627. The number of hydrogen-bond donors (Lipinski definition) is 0. The van der Waals surface area contributed by atoms with Gasteiger partial charge in [0.25, 0.3) is 0 Å². The summed E-state index contributed by atoms with van der Waals surface area (Å²) in [6, 6.07) is 0. The van der Waals surface area contributed by atoms with Gasteiger partial charge in [-0.15, -0.1) is 0 Å². The molecule has 1 radical (unpaired) electrons. The molecule has 0 N–H and O–H groups in total. The molecular formula is C5H10O5P. The molecule has 0 saturated carbocycles.